The Labute approximate surface area is 199 Å². The summed E-state index contributed by atoms with van der Waals surface area (Å²) in [5.74, 6) is 0.179. The van der Waals surface area contributed by atoms with Crippen LogP contribution in [0.1, 0.15) is 59.5 Å². The Morgan fingerprint density at radius 1 is 0.941 bits per heavy atom. The molecule has 1 amide bonds. The average Bonchev–Trinajstić information content (AvgIpc) is 3.26. The van der Waals surface area contributed by atoms with E-state index in [1.807, 2.05) is 12.1 Å². The fraction of sp³-hybridized carbons (Fsp3) is 0.250. The van der Waals surface area contributed by atoms with Crippen molar-refractivity contribution < 1.29 is 14.3 Å². The number of hydrogen-bond donors (Lipinski definition) is 2. The summed E-state index contributed by atoms with van der Waals surface area (Å²) < 4.78 is 5.06. The molecule has 0 aliphatic heterocycles. The highest BCUT2D eigenvalue weighted by atomic mass is 16.5. The van der Waals surface area contributed by atoms with E-state index in [9.17, 15) is 9.59 Å². The van der Waals surface area contributed by atoms with Gasteiger partial charge in [0.05, 0.1) is 23.2 Å². The Kier molecular flexibility index (Phi) is 6.50. The van der Waals surface area contributed by atoms with Gasteiger partial charge in [0.25, 0.3) is 5.91 Å². The predicted octanol–water partition coefficient (Wildman–Crippen LogP) is 5.63. The van der Waals surface area contributed by atoms with Crippen LogP contribution in [0.15, 0.2) is 66.7 Å². The number of ether oxygens (including phenoxy) is 1. The molecule has 0 bridgehead atoms. The Morgan fingerprint density at radius 3 is 2.26 bits per heavy atom. The number of H-pyrrole nitrogens is 1. The van der Waals surface area contributed by atoms with Crippen LogP contribution < -0.4 is 5.32 Å². The lowest BCUT2D eigenvalue weighted by atomic mass is 9.87. The number of aromatic nitrogens is 2. The van der Waals surface area contributed by atoms with E-state index >= 15 is 0 Å². The molecule has 174 valence electrons. The number of esters is 1. The minimum Gasteiger partial charge on any atom is -0.462 e. The first kappa shape index (κ1) is 23.2. The van der Waals surface area contributed by atoms with E-state index in [0.717, 1.165) is 22.2 Å². The fourth-order valence-electron chi connectivity index (χ4n) is 3.67. The molecule has 1 aromatic heterocycles. The van der Waals surface area contributed by atoms with Gasteiger partial charge in [-0.15, -0.1) is 0 Å². The van der Waals surface area contributed by atoms with Gasteiger partial charge in [0.1, 0.15) is 5.82 Å². The van der Waals surface area contributed by atoms with Crippen LogP contribution in [-0.4, -0.2) is 28.5 Å². The van der Waals surface area contributed by atoms with Crippen LogP contribution in [0.25, 0.3) is 22.4 Å². The molecule has 0 unspecified atom stereocenters. The molecule has 2 N–H and O–H groups in total. The van der Waals surface area contributed by atoms with E-state index in [4.69, 9.17) is 4.74 Å². The minimum absolute atomic E-state index is 0.104. The van der Waals surface area contributed by atoms with Crippen molar-refractivity contribution in [3.05, 3.63) is 89.0 Å². The Bertz CT molecular complexity index is 1310. The monoisotopic (exact) mass is 455 g/mol. The molecule has 0 atom stereocenters. The largest absolute Gasteiger partial charge is 0.462 e. The summed E-state index contributed by atoms with van der Waals surface area (Å²) >= 11 is 0. The average molecular weight is 456 g/mol. The number of imidazole rings is 1. The van der Waals surface area contributed by atoms with Gasteiger partial charge in [0, 0.05) is 17.7 Å². The van der Waals surface area contributed by atoms with Crippen molar-refractivity contribution >= 4 is 22.9 Å². The summed E-state index contributed by atoms with van der Waals surface area (Å²) in [6, 6.07) is 20.8. The van der Waals surface area contributed by atoms with Gasteiger partial charge in [0.15, 0.2) is 0 Å². The number of hydrogen-bond acceptors (Lipinski definition) is 4. The summed E-state index contributed by atoms with van der Waals surface area (Å²) in [6.07, 6.45) is 0. The van der Waals surface area contributed by atoms with Gasteiger partial charge in [-0.25, -0.2) is 9.78 Å². The molecular weight excluding hydrogens is 426 g/mol. The molecule has 0 fully saturated rings. The van der Waals surface area contributed by atoms with E-state index in [-0.39, 0.29) is 17.3 Å². The molecule has 0 saturated heterocycles. The number of carbonyl (C=O) groups is 2. The fourth-order valence-corrected chi connectivity index (χ4v) is 3.67. The third-order valence-electron chi connectivity index (χ3n) is 5.69. The Morgan fingerprint density at radius 2 is 1.62 bits per heavy atom. The van der Waals surface area contributed by atoms with Crippen LogP contribution >= 0.6 is 0 Å². The van der Waals surface area contributed by atoms with Gasteiger partial charge in [-0.2, -0.15) is 0 Å². The summed E-state index contributed by atoms with van der Waals surface area (Å²) in [5, 5.41) is 2.98. The molecule has 1 heterocycles. The number of carbonyl (C=O) groups excluding carboxylic acids is 2. The second-order valence-corrected chi connectivity index (χ2v) is 9.24. The summed E-state index contributed by atoms with van der Waals surface area (Å²) in [5.41, 5.74) is 5.83. The Hall–Kier alpha value is -3.93. The van der Waals surface area contributed by atoms with Crippen molar-refractivity contribution in [1.29, 1.82) is 0 Å². The van der Waals surface area contributed by atoms with Gasteiger partial charge < -0.3 is 15.0 Å². The second kappa shape index (κ2) is 9.51. The quantitative estimate of drug-likeness (QED) is 0.369. The third kappa shape index (κ3) is 5.17. The van der Waals surface area contributed by atoms with Crippen molar-refractivity contribution in [1.82, 2.24) is 15.3 Å². The van der Waals surface area contributed by atoms with Gasteiger partial charge in [-0.05, 0) is 53.8 Å². The van der Waals surface area contributed by atoms with Crippen molar-refractivity contribution in [3.8, 4) is 11.4 Å². The number of benzene rings is 3. The second-order valence-electron chi connectivity index (χ2n) is 9.24. The molecule has 0 aliphatic carbocycles. The smallest absolute Gasteiger partial charge is 0.338 e. The molecule has 0 radical (unpaired) electrons. The number of aromatic amines is 1. The normalized spacial score (nSPS) is 11.4. The number of amides is 1. The van der Waals surface area contributed by atoms with E-state index < -0.39 is 0 Å². The lowest BCUT2D eigenvalue weighted by Gasteiger charge is -2.19. The summed E-state index contributed by atoms with van der Waals surface area (Å²) in [4.78, 5) is 32.4. The molecule has 0 spiro atoms. The summed E-state index contributed by atoms with van der Waals surface area (Å²) in [6.45, 7) is 9.11. The summed E-state index contributed by atoms with van der Waals surface area (Å²) in [7, 11) is 0. The minimum atomic E-state index is -0.360. The van der Waals surface area contributed by atoms with Crippen LogP contribution in [0.3, 0.4) is 0 Å². The number of rotatable bonds is 6. The molecule has 34 heavy (non-hydrogen) atoms. The van der Waals surface area contributed by atoms with E-state index in [2.05, 4.69) is 60.3 Å². The maximum atomic E-state index is 12.6. The SMILES string of the molecule is CCOC(=O)c1ccc2nc(-c3ccc(C(=O)NCc4ccc(C(C)(C)C)cc4)cc3)[nH]c2c1. The highest BCUT2D eigenvalue weighted by molar-refractivity contribution is 5.95. The maximum Gasteiger partial charge on any atom is 0.338 e. The van der Waals surface area contributed by atoms with Crippen LogP contribution in [0.2, 0.25) is 0 Å². The number of fused-ring (bicyclic) bond motifs is 1. The highest BCUT2D eigenvalue weighted by Crippen LogP contribution is 2.23. The van der Waals surface area contributed by atoms with Crippen LogP contribution in [0.4, 0.5) is 0 Å². The molecule has 0 saturated carbocycles. The Balaban J connectivity index is 1.42. The first-order valence-electron chi connectivity index (χ1n) is 11.4. The molecular formula is C28H29N3O3. The molecule has 4 rings (SSSR count). The van der Waals surface area contributed by atoms with Crippen LogP contribution in [-0.2, 0) is 16.7 Å². The first-order valence-corrected chi connectivity index (χ1v) is 11.4. The molecule has 6 nitrogen and oxygen atoms in total. The number of nitrogens with zero attached hydrogens (tertiary/aromatic N) is 1. The zero-order valence-corrected chi connectivity index (χ0v) is 19.9. The molecule has 0 aliphatic rings. The van der Waals surface area contributed by atoms with Crippen molar-refractivity contribution in [2.45, 2.75) is 39.7 Å². The van der Waals surface area contributed by atoms with E-state index in [1.54, 1.807) is 37.3 Å². The molecule has 3 aromatic carbocycles. The van der Waals surface area contributed by atoms with Crippen molar-refractivity contribution in [3.63, 3.8) is 0 Å². The van der Waals surface area contributed by atoms with Gasteiger partial charge in [0.2, 0.25) is 0 Å². The lowest BCUT2D eigenvalue weighted by molar-refractivity contribution is 0.0526. The maximum absolute atomic E-state index is 12.6. The topological polar surface area (TPSA) is 84.1 Å². The van der Waals surface area contributed by atoms with E-state index in [1.165, 1.54) is 5.56 Å². The third-order valence-corrected chi connectivity index (χ3v) is 5.69. The van der Waals surface area contributed by atoms with Gasteiger partial charge in [-0.3, -0.25) is 4.79 Å². The molecule has 4 aromatic rings. The number of nitrogens with one attached hydrogen (secondary N) is 2. The molecule has 6 heteroatoms. The lowest BCUT2D eigenvalue weighted by Crippen LogP contribution is -2.22. The zero-order valence-electron chi connectivity index (χ0n) is 19.9. The zero-order chi connectivity index (χ0) is 24.3. The van der Waals surface area contributed by atoms with Gasteiger partial charge >= 0.3 is 5.97 Å². The highest BCUT2D eigenvalue weighted by Gasteiger charge is 2.14. The standard InChI is InChI=1S/C28H29N3O3/c1-5-34-27(33)21-12-15-23-24(16-21)31-25(30-23)19-8-10-20(11-9-19)26(32)29-17-18-6-13-22(14-7-18)28(2,3)4/h6-16H,5,17H2,1-4H3,(H,29,32)(H,30,31). The predicted molar refractivity (Wildman–Crippen MR) is 134 cm³/mol. The van der Waals surface area contributed by atoms with Crippen LogP contribution in [0, 0.1) is 0 Å². The van der Waals surface area contributed by atoms with E-state index in [0.29, 0.717) is 30.1 Å². The van der Waals surface area contributed by atoms with Crippen molar-refractivity contribution in [2.75, 3.05) is 6.61 Å². The first-order chi connectivity index (χ1) is 16.2. The van der Waals surface area contributed by atoms with Crippen molar-refractivity contribution in [2.24, 2.45) is 0 Å². The van der Waals surface area contributed by atoms with Gasteiger partial charge in [-0.1, -0.05) is 57.2 Å². The van der Waals surface area contributed by atoms with Crippen LogP contribution in [0.5, 0.6) is 0 Å².